The van der Waals surface area contributed by atoms with Gasteiger partial charge >= 0.3 is 0 Å². The summed E-state index contributed by atoms with van der Waals surface area (Å²) in [5.41, 5.74) is 3.06. The van der Waals surface area contributed by atoms with Gasteiger partial charge in [-0.3, -0.25) is 4.79 Å². The normalized spacial score (nSPS) is 14.9. The molecule has 1 aromatic carbocycles. The molecule has 2 heterocycles. The molecule has 4 rings (SSSR count). The van der Waals surface area contributed by atoms with E-state index >= 15 is 0 Å². The second-order valence-corrected chi connectivity index (χ2v) is 5.00. The highest BCUT2D eigenvalue weighted by Crippen LogP contribution is 2.40. The molecule has 1 N–H and O–H groups in total. The Morgan fingerprint density at radius 2 is 2.05 bits per heavy atom. The van der Waals surface area contributed by atoms with Crippen molar-refractivity contribution in [2.24, 2.45) is 0 Å². The van der Waals surface area contributed by atoms with E-state index in [1.54, 1.807) is 6.07 Å². The highest BCUT2D eigenvalue weighted by atomic mass is 16.1. The fourth-order valence-corrected chi connectivity index (χ4v) is 2.56. The highest BCUT2D eigenvalue weighted by Gasteiger charge is 2.27. The van der Waals surface area contributed by atoms with Crippen LogP contribution >= 0.6 is 0 Å². The number of nitrogens with one attached hydrogen (secondary N) is 1. The molecule has 3 aromatic rings. The van der Waals surface area contributed by atoms with Gasteiger partial charge < -0.3 is 4.98 Å². The van der Waals surface area contributed by atoms with Gasteiger partial charge in [0.25, 0.3) is 0 Å². The first-order valence-corrected chi connectivity index (χ1v) is 6.49. The quantitative estimate of drug-likeness (QED) is 0.761. The number of hydrogen-bond acceptors (Lipinski definition) is 2. The van der Waals surface area contributed by atoms with E-state index < -0.39 is 0 Å². The van der Waals surface area contributed by atoms with Gasteiger partial charge in [0.15, 0.2) is 0 Å². The zero-order valence-corrected chi connectivity index (χ0v) is 10.3. The van der Waals surface area contributed by atoms with E-state index in [1.807, 2.05) is 35.1 Å². The Morgan fingerprint density at radius 1 is 1.16 bits per heavy atom. The topological polar surface area (TPSA) is 50.7 Å². The van der Waals surface area contributed by atoms with Crippen LogP contribution in [0.1, 0.15) is 24.5 Å². The SMILES string of the molecule is O=c1ccc2c(-n3nccc3C3CC3)cccc2[nH]1. The van der Waals surface area contributed by atoms with Gasteiger partial charge in [-0.25, -0.2) is 4.68 Å². The molecule has 94 valence electrons. The predicted molar refractivity (Wildman–Crippen MR) is 73.7 cm³/mol. The molecule has 0 aliphatic heterocycles. The van der Waals surface area contributed by atoms with Crippen LogP contribution in [0.4, 0.5) is 0 Å². The summed E-state index contributed by atoms with van der Waals surface area (Å²) in [7, 11) is 0. The number of aromatic nitrogens is 3. The Bertz CT molecular complexity index is 811. The lowest BCUT2D eigenvalue weighted by atomic mass is 10.1. The van der Waals surface area contributed by atoms with Crippen molar-refractivity contribution < 1.29 is 0 Å². The first-order valence-electron chi connectivity index (χ1n) is 6.49. The summed E-state index contributed by atoms with van der Waals surface area (Å²) in [5, 5.41) is 5.47. The van der Waals surface area contributed by atoms with E-state index in [2.05, 4.69) is 16.1 Å². The molecule has 0 atom stereocenters. The monoisotopic (exact) mass is 251 g/mol. The van der Waals surface area contributed by atoms with Gasteiger partial charge in [-0.05, 0) is 37.1 Å². The van der Waals surface area contributed by atoms with E-state index in [0.29, 0.717) is 5.92 Å². The van der Waals surface area contributed by atoms with E-state index in [4.69, 9.17) is 0 Å². The maximum Gasteiger partial charge on any atom is 0.248 e. The second-order valence-electron chi connectivity index (χ2n) is 5.00. The van der Waals surface area contributed by atoms with Crippen molar-refractivity contribution in [3.8, 4) is 5.69 Å². The minimum atomic E-state index is -0.0764. The molecule has 4 heteroatoms. The fraction of sp³-hybridized carbons (Fsp3) is 0.200. The average molecular weight is 251 g/mol. The number of H-pyrrole nitrogens is 1. The lowest BCUT2D eigenvalue weighted by molar-refractivity contribution is 0.813. The minimum Gasteiger partial charge on any atom is -0.322 e. The first kappa shape index (κ1) is 10.6. The molecule has 0 saturated heterocycles. The summed E-state index contributed by atoms with van der Waals surface area (Å²) in [6.45, 7) is 0. The zero-order chi connectivity index (χ0) is 12.8. The molecular weight excluding hydrogens is 238 g/mol. The van der Waals surface area contributed by atoms with Gasteiger partial charge in [0.05, 0.1) is 11.2 Å². The number of nitrogens with zero attached hydrogens (tertiary/aromatic N) is 2. The Morgan fingerprint density at radius 3 is 2.89 bits per heavy atom. The molecule has 0 bridgehead atoms. The lowest BCUT2D eigenvalue weighted by Crippen LogP contribution is -2.06. The van der Waals surface area contributed by atoms with E-state index in [0.717, 1.165) is 16.6 Å². The maximum atomic E-state index is 11.4. The molecule has 1 aliphatic rings. The van der Waals surface area contributed by atoms with E-state index in [1.165, 1.54) is 18.5 Å². The predicted octanol–water partition coefficient (Wildman–Crippen LogP) is 2.59. The highest BCUT2D eigenvalue weighted by molar-refractivity contribution is 5.86. The van der Waals surface area contributed by atoms with Gasteiger partial charge in [0, 0.05) is 29.3 Å². The standard InChI is InChI=1S/C15H13N3O/c19-15-7-6-11-12(17-15)2-1-3-14(11)18-13(8-9-16-18)10-4-5-10/h1-3,6-10H,4-5H2,(H,17,19). The van der Waals surface area contributed by atoms with Crippen LogP contribution in [0.15, 0.2) is 47.4 Å². The Hall–Kier alpha value is -2.36. The van der Waals surface area contributed by atoms with Gasteiger partial charge in [-0.1, -0.05) is 6.07 Å². The fourth-order valence-electron chi connectivity index (χ4n) is 2.56. The molecule has 0 radical (unpaired) electrons. The Balaban J connectivity index is 1.99. The molecule has 4 nitrogen and oxygen atoms in total. The molecule has 19 heavy (non-hydrogen) atoms. The van der Waals surface area contributed by atoms with Crippen molar-refractivity contribution in [3.63, 3.8) is 0 Å². The number of fused-ring (bicyclic) bond motifs is 1. The van der Waals surface area contributed by atoms with Crippen LogP contribution in [0.2, 0.25) is 0 Å². The second kappa shape index (κ2) is 3.82. The molecule has 0 spiro atoms. The summed E-state index contributed by atoms with van der Waals surface area (Å²) >= 11 is 0. The third-order valence-corrected chi connectivity index (χ3v) is 3.64. The number of rotatable bonds is 2. The van der Waals surface area contributed by atoms with Crippen molar-refractivity contribution in [1.29, 1.82) is 0 Å². The summed E-state index contributed by atoms with van der Waals surface area (Å²) in [6.07, 6.45) is 4.33. The number of hydrogen-bond donors (Lipinski definition) is 1. The van der Waals surface area contributed by atoms with Crippen LogP contribution in [0.5, 0.6) is 0 Å². The number of pyridine rings is 1. The first-order chi connectivity index (χ1) is 9.33. The van der Waals surface area contributed by atoms with Gasteiger partial charge in [0.2, 0.25) is 5.56 Å². The molecule has 1 fully saturated rings. The average Bonchev–Trinajstić information content (AvgIpc) is 3.15. The van der Waals surface area contributed by atoms with Crippen molar-refractivity contribution in [2.75, 3.05) is 0 Å². The van der Waals surface area contributed by atoms with Crippen LogP contribution in [0, 0.1) is 0 Å². The summed E-state index contributed by atoms with van der Waals surface area (Å²) in [5.74, 6) is 0.639. The molecule has 1 aliphatic carbocycles. The van der Waals surface area contributed by atoms with Crippen molar-refractivity contribution in [3.05, 3.63) is 58.6 Å². The summed E-state index contributed by atoms with van der Waals surface area (Å²) < 4.78 is 2.00. The van der Waals surface area contributed by atoms with E-state index in [-0.39, 0.29) is 5.56 Å². The van der Waals surface area contributed by atoms with Crippen LogP contribution in [0.3, 0.4) is 0 Å². The van der Waals surface area contributed by atoms with Crippen LogP contribution in [0.25, 0.3) is 16.6 Å². The van der Waals surface area contributed by atoms with Gasteiger partial charge in [-0.15, -0.1) is 0 Å². The third kappa shape index (κ3) is 1.68. The van der Waals surface area contributed by atoms with E-state index in [9.17, 15) is 4.79 Å². The zero-order valence-electron chi connectivity index (χ0n) is 10.3. The minimum absolute atomic E-state index is 0.0764. The summed E-state index contributed by atoms with van der Waals surface area (Å²) in [6, 6.07) is 11.4. The molecular formula is C15H13N3O. The molecule has 0 unspecified atom stereocenters. The Labute approximate surface area is 109 Å². The largest absolute Gasteiger partial charge is 0.322 e. The molecule has 0 amide bonds. The summed E-state index contributed by atoms with van der Waals surface area (Å²) in [4.78, 5) is 14.2. The lowest BCUT2D eigenvalue weighted by Gasteiger charge is -2.09. The Kier molecular flexibility index (Phi) is 2.12. The number of aromatic amines is 1. The van der Waals surface area contributed by atoms with Crippen LogP contribution in [-0.2, 0) is 0 Å². The van der Waals surface area contributed by atoms with Crippen LogP contribution in [-0.4, -0.2) is 14.8 Å². The van der Waals surface area contributed by atoms with Crippen molar-refractivity contribution >= 4 is 10.9 Å². The number of benzene rings is 1. The smallest absolute Gasteiger partial charge is 0.248 e. The van der Waals surface area contributed by atoms with Gasteiger partial charge in [0.1, 0.15) is 0 Å². The van der Waals surface area contributed by atoms with Crippen molar-refractivity contribution in [1.82, 2.24) is 14.8 Å². The third-order valence-electron chi connectivity index (χ3n) is 3.64. The molecule has 1 saturated carbocycles. The molecule has 2 aromatic heterocycles. The van der Waals surface area contributed by atoms with Gasteiger partial charge in [-0.2, -0.15) is 5.10 Å². The van der Waals surface area contributed by atoms with Crippen molar-refractivity contribution in [2.45, 2.75) is 18.8 Å². The maximum absolute atomic E-state index is 11.4. The van der Waals surface area contributed by atoms with Crippen LogP contribution < -0.4 is 5.56 Å².